The number of aliphatic hydroxyl groups is 1. The lowest BCUT2D eigenvalue weighted by molar-refractivity contribution is -0.297. The molecule has 5 atom stereocenters. The minimum Gasteiger partial charge on any atom is -0.389 e. The lowest BCUT2D eigenvalue weighted by Gasteiger charge is -2.46. The molecule has 6 nitrogen and oxygen atoms in total. The Morgan fingerprint density at radius 1 is 1.20 bits per heavy atom. The fourth-order valence-electron chi connectivity index (χ4n) is 5.07. The molecule has 30 heavy (non-hydrogen) atoms. The number of piperidine rings is 1. The average molecular weight is 419 g/mol. The van der Waals surface area contributed by atoms with Crippen LogP contribution in [0.5, 0.6) is 0 Å². The number of fused-ring (bicyclic) bond motifs is 1. The highest BCUT2D eigenvalue weighted by atomic mass is 17.1. The van der Waals surface area contributed by atoms with Crippen LogP contribution >= 0.6 is 0 Å². The van der Waals surface area contributed by atoms with E-state index in [1.807, 2.05) is 51.1 Å². The summed E-state index contributed by atoms with van der Waals surface area (Å²) in [6, 6.07) is 9.43. The number of benzene rings is 1. The third kappa shape index (κ3) is 6.27. The second-order valence-corrected chi connectivity index (χ2v) is 10.2. The van der Waals surface area contributed by atoms with Gasteiger partial charge in [-0.15, -0.1) is 0 Å². The van der Waals surface area contributed by atoms with E-state index in [-0.39, 0.29) is 17.5 Å². The van der Waals surface area contributed by atoms with Crippen LogP contribution < -0.4 is 5.32 Å². The first kappa shape index (κ1) is 23.2. The number of β-amino-alcohol motifs (C(OH)–C–C–N with tert-alkyl or cyclic N) is 1. The highest BCUT2D eigenvalue weighted by Crippen LogP contribution is 2.39. The molecule has 1 aliphatic heterocycles. The van der Waals surface area contributed by atoms with E-state index in [4.69, 9.17) is 0 Å². The number of hydrogen-bond donors (Lipinski definition) is 3. The van der Waals surface area contributed by atoms with Crippen LogP contribution in [-0.2, 0) is 16.1 Å². The maximum atomic E-state index is 13.1. The van der Waals surface area contributed by atoms with Gasteiger partial charge in [-0.2, -0.15) is 0 Å². The molecule has 1 heterocycles. The molecule has 3 N–H and O–H groups in total. The van der Waals surface area contributed by atoms with Crippen molar-refractivity contribution in [3.63, 3.8) is 0 Å². The van der Waals surface area contributed by atoms with Gasteiger partial charge in [-0.1, -0.05) is 49.6 Å². The van der Waals surface area contributed by atoms with Gasteiger partial charge in [0.2, 0.25) is 5.91 Å². The molecule has 3 rings (SSSR count). The molecule has 0 spiro atoms. The molecule has 1 aromatic rings. The average Bonchev–Trinajstić information content (AvgIpc) is 2.70. The van der Waals surface area contributed by atoms with Crippen LogP contribution in [0.2, 0.25) is 0 Å². The topological polar surface area (TPSA) is 82.0 Å². The number of hydrogen-bond acceptors (Lipinski definition) is 5. The second kappa shape index (κ2) is 10.2. The van der Waals surface area contributed by atoms with Gasteiger partial charge in [0, 0.05) is 25.0 Å². The molecule has 1 saturated carbocycles. The Balaban J connectivity index is 1.70. The zero-order chi connectivity index (χ0) is 21.7. The minimum absolute atomic E-state index is 0.0308. The molecule has 0 bridgehead atoms. The second-order valence-electron chi connectivity index (χ2n) is 10.2. The minimum atomic E-state index is -0.889. The fraction of sp³-hybridized carbons (Fsp3) is 0.708. The number of nitrogens with zero attached hydrogens (tertiary/aromatic N) is 1. The summed E-state index contributed by atoms with van der Waals surface area (Å²) in [7, 11) is 0. The largest absolute Gasteiger partial charge is 0.389 e. The normalized spacial score (nSPS) is 27.2. The first-order chi connectivity index (χ1) is 14.3. The van der Waals surface area contributed by atoms with E-state index >= 15 is 0 Å². The number of amides is 1. The fourth-order valence-corrected chi connectivity index (χ4v) is 5.07. The third-order valence-electron chi connectivity index (χ3n) is 6.57. The Bertz CT molecular complexity index is 676. The maximum Gasteiger partial charge on any atom is 0.237 e. The van der Waals surface area contributed by atoms with Gasteiger partial charge in [0.25, 0.3) is 0 Å². The number of carbonyl (C=O) groups is 1. The first-order valence-electron chi connectivity index (χ1n) is 11.3. The van der Waals surface area contributed by atoms with Crippen molar-refractivity contribution in [2.24, 2.45) is 11.8 Å². The summed E-state index contributed by atoms with van der Waals surface area (Å²) in [6.07, 6.45) is 4.50. The number of likely N-dealkylation sites (tertiary alicyclic amines) is 1. The Morgan fingerprint density at radius 3 is 2.50 bits per heavy atom. The predicted octanol–water partition coefficient (Wildman–Crippen LogP) is 3.24. The molecule has 2 aliphatic rings. The summed E-state index contributed by atoms with van der Waals surface area (Å²) < 4.78 is 0. The van der Waals surface area contributed by atoms with E-state index < -0.39 is 12.2 Å². The van der Waals surface area contributed by atoms with Crippen molar-refractivity contribution >= 4 is 5.91 Å². The summed E-state index contributed by atoms with van der Waals surface area (Å²) in [4.78, 5) is 19.9. The standard InChI is InChI=1S/C24H38N2O4/c1-24(2,3)25-23(28)20-14-18-11-7-8-12-19(18)15-26(20)16-21(27)22(30-29)13-17-9-5-4-6-10-17/h4-6,9-10,18-22,27,29H,7-8,11-16H2,1-3H3,(H,25,28). The first-order valence-corrected chi connectivity index (χ1v) is 11.3. The summed E-state index contributed by atoms with van der Waals surface area (Å²) in [6.45, 7) is 7.10. The Hall–Kier alpha value is -1.47. The van der Waals surface area contributed by atoms with Crippen molar-refractivity contribution < 1.29 is 20.0 Å². The van der Waals surface area contributed by atoms with Crippen molar-refractivity contribution in [3.8, 4) is 0 Å². The number of aliphatic hydroxyl groups excluding tert-OH is 1. The van der Waals surface area contributed by atoms with E-state index in [0.29, 0.717) is 24.8 Å². The van der Waals surface area contributed by atoms with Crippen LogP contribution in [0.25, 0.3) is 0 Å². The van der Waals surface area contributed by atoms with Gasteiger partial charge >= 0.3 is 0 Å². The van der Waals surface area contributed by atoms with E-state index in [2.05, 4.69) is 15.1 Å². The van der Waals surface area contributed by atoms with Gasteiger partial charge < -0.3 is 10.4 Å². The summed E-state index contributed by atoms with van der Waals surface area (Å²) in [5.74, 6) is 1.19. The van der Waals surface area contributed by atoms with Crippen molar-refractivity contribution in [2.45, 2.75) is 83.1 Å². The molecule has 1 aromatic carbocycles. The van der Waals surface area contributed by atoms with Crippen molar-refractivity contribution in [2.75, 3.05) is 13.1 Å². The molecule has 1 amide bonds. The van der Waals surface area contributed by atoms with Gasteiger partial charge in [-0.05, 0) is 51.0 Å². The summed E-state index contributed by atoms with van der Waals surface area (Å²) in [5, 5.41) is 23.5. The molecule has 1 saturated heterocycles. The molecule has 2 fully saturated rings. The lowest BCUT2D eigenvalue weighted by Crippen LogP contribution is -2.59. The predicted molar refractivity (Wildman–Crippen MR) is 117 cm³/mol. The van der Waals surface area contributed by atoms with E-state index in [1.165, 1.54) is 25.7 Å². The van der Waals surface area contributed by atoms with E-state index in [9.17, 15) is 15.2 Å². The van der Waals surface area contributed by atoms with Gasteiger partial charge in [-0.25, -0.2) is 4.89 Å². The van der Waals surface area contributed by atoms with E-state index in [1.54, 1.807) is 0 Å². The van der Waals surface area contributed by atoms with Crippen molar-refractivity contribution in [3.05, 3.63) is 35.9 Å². The number of carbonyl (C=O) groups excluding carboxylic acids is 1. The summed E-state index contributed by atoms with van der Waals surface area (Å²) in [5.41, 5.74) is 0.693. The molecule has 0 aromatic heterocycles. The number of rotatable bonds is 7. The summed E-state index contributed by atoms with van der Waals surface area (Å²) >= 11 is 0. The van der Waals surface area contributed by atoms with Gasteiger partial charge in [0.15, 0.2) is 0 Å². The van der Waals surface area contributed by atoms with Crippen LogP contribution in [-0.4, -0.2) is 58.0 Å². The molecular weight excluding hydrogens is 380 g/mol. The van der Waals surface area contributed by atoms with Crippen LogP contribution in [0.3, 0.4) is 0 Å². The Morgan fingerprint density at radius 2 is 1.87 bits per heavy atom. The third-order valence-corrected chi connectivity index (χ3v) is 6.57. The molecular formula is C24H38N2O4. The monoisotopic (exact) mass is 418 g/mol. The number of nitrogens with one attached hydrogen (secondary N) is 1. The SMILES string of the molecule is CC(C)(C)NC(=O)C1CC2CCCCC2CN1CC(O)C(Cc1ccccc1)OO. The highest BCUT2D eigenvalue weighted by molar-refractivity contribution is 5.82. The molecule has 168 valence electrons. The van der Waals surface area contributed by atoms with Crippen LogP contribution in [0.15, 0.2) is 30.3 Å². The Kier molecular flexibility index (Phi) is 7.91. The van der Waals surface area contributed by atoms with Crippen LogP contribution in [0.4, 0.5) is 0 Å². The molecule has 5 unspecified atom stereocenters. The lowest BCUT2D eigenvalue weighted by atomic mass is 9.72. The maximum absolute atomic E-state index is 13.1. The molecule has 0 radical (unpaired) electrons. The van der Waals surface area contributed by atoms with Crippen molar-refractivity contribution in [1.82, 2.24) is 10.2 Å². The smallest absolute Gasteiger partial charge is 0.237 e. The van der Waals surface area contributed by atoms with Gasteiger partial charge in [-0.3, -0.25) is 15.0 Å². The molecule has 6 heteroatoms. The van der Waals surface area contributed by atoms with Crippen LogP contribution in [0.1, 0.15) is 58.4 Å². The zero-order valence-electron chi connectivity index (χ0n) is 18.6. The highest BCUT2D eigenvalue weighted by Gasteiger charge is 2.41. The quantitative estimate of drug-likeness (QED) is 0.468. The van der Waals surface area contributed by atoms with Crippen molar-refractivity contribution in [1.29, 1.82) is 0 Å². The Labute approximate surface area is 180 Å². The van der Waals surface area contributed by atoms with Gasteiger partial charge in [0.05, 0.1) is 12.1 Å². The van der Waals surface area contributed by atoms with Crippen LogP contribution in [0, 0.1) is 11.8 Å². The zero-order valence-corrected chi connectivity index (χ0v) is 18.6. The van der Waals surface area contributed by atoms with Gasteiger partial charge in [0.1, 0.15) is 6.10 Å². The molecule has 1 aliphatic carbocycles. The van der Waals surface area contributed by atoms with E-state index in [0.717, 1.165) is 18.5 Å².